The number of hydrogen-bond donors (Lipinski definition) is 4. The van der Waals surface area contributed by atoms with Crippen LogP contribution in [0.2, 0.25) is 4.34 Å². The summed E-state index contributed by atoms with van der Waals surface area (Å²) in [6, 6.07) is 11.3. The number of rotatable bonds is 8. The third-order valence-electron chi connectivity index (χ3n) is 3.67. The van der Waals surface area contributed by atoms with E-state index in [9.17, 15) is 9.90 Å². The number of benzene rings is 1. The molecule has 1 heterocycles. The molecule has 2 aromatic rings. The van der Waals surface area contributed by atoms with Crippen LogP contribution in [0.4, 0.5) is 5.69 Å². The number of aliphatic imine (C=N–C) groups is 1. The molecule has 1 unspecified atom stereocenters. The monoisotopic (exact) mass is 408 g/mol. The topological polar surface area (TPSA) is 85.8 Å². The van der Waals surface area contributed by atoms with Crippen molar-refractivity contribution in [2.24, 2.45) is 4.99 Å². The highest BCUT2D eigenvalue weighted by molar-refractivity contribution is 7.16. The normalized spacial score (nSPS) is 12.5. The molecule has 1 amide bonds. The first-order valence-corrected chi connectivity index (χ1v) is 9.99. The Morgan fingerprint density at radius 1 is 1.22 bits per heavy atom. The minimum atomic E-state index is -0.667. The van der Waals surface area contributed by atoms with E-state index in [0.717, 1.165) is 29.1 Å². The molecular formula is C19H25ClN4O2S. The van der Waals surface area contributed by atoms with E-state index in [2.05, 4.69) is 20.9 Å². The summed E-state index contributed by atoms with van der Waals surface area (Å²) >= 11 is 7.26. The van der Waals surface area contributed by atoms with Crippen LogP contribution in [0, 0.1) is 0 Å². The maximum Gasteiger partial charge on any atom is 0.221 e. The van der Waals surface area contributed by atoms with Crippen molar-refractivity contribution in [2.75, 3.05) is 25.0 Å². The molecule has 0 radical (unpaired) electrons. The number of carbonyl (C=O) groups is 1. The average Bonchev–Trinajstić information content (AvgIpc) is 3.07. The van der Waals surface area contributed by atoms with Gasteiger partial charge in [-0.3, -0.25) is 9.79 Å². The van der Waals surface area contributed by atoms with E-state index in [0.29, 0.717) is 16.8 Å². The maximum absolute atomic E-state index is 11.0. The Morgan fingerprint density at radius 3 is 2.56 bits per heavy atom. The van der Waals surface area contributed by atoms with Gasteiger partial charge in [-0.1, -0.05) is 23.7 Å². The highest BCUT2D eigenvalue weighted by Gasteiger charge is 2.10. The number of nitrogens with zero attached hydrogens (tertiary/aromatic N) is 1. The summed E-state index contributed by atoms with van der Waals surface area (Å²) in [4.78, 5) is 16.3. The first-order chi connectivity index (χ1) is 13.0. The molecule has 6 nitrogen and oxygen atoms in total. The van der Waals surface area contributed by atoms with Gasteiger partial charge in [-0.2, -0.15) is 0 Å². The smallest absolute Gasteiger partial charge is 0.221 e. The van der Waals surface area contributed by atoms with Gasteiger partial charge in [0.05, 0.1) is 10.9 Å². The summed E-state index contributed by atoms with van der Waals surface area (Å²) < 4.78 is 0.655. The Labute approximate surface area is 168 Å². The fraction of sp³-hybridized carbons (Fsp3) is 0.368. The molecule has 1 atom stereocenters. The molecule has 2 rings (SSSR count). The second kappa shape index (κ2) is 10.9. The molecule has 8 heteroatoms. The first-order valence-electron chi connectivity index (χ1n) is 8.80. The van der Waals surface area contributed by atoms with Crippen molar-refractivity contribution in [3.05, 3.63) is 51.2 Å². The lowest BCUT2D eigenvalue weighted by molar-refractivity contribution is -0.114. The van der Waals surface area contributed by atoms with Crippen molar-refractivity contribution in [1.82, 2.24) is 10.6 Å². The Balaban J connectivity index is 1.83. The Morgan fingerprint density at radius 2 is 1.96 bits per heavy atom. The second-order valence-corrected chi connectivity index (χ2v) is 7.68. The first kappa shape index (κ1) is 21.2. The number of aliphatic hydroxyl groups excluding tert-OH is 1. The van der Waals surface area contributed by atoms with Crippen molar-refractivity contribution in [3.8, 4) is 0 Å². The zero-order valence-corrected chi connectivity index (χ0v) is 17.0. The summed E-state index contributed by atoms with van der Waals surface area (Å²) in [7, 11) is 0. The zero-order chi connectivity index (χ0) is 19.6. The molecule has 0 saturated carbocycles. The van der Waals surface area contributed by atoms with E-state index in [1.807, 2.05) is 37.3 Å². The Kier molecular flexibility index (Phi) is 8.57. The van der Waals surface area contributed by atoms with Gasteiger partial charge in [-0.25, -0.2) is 0 Å². The number of hydrogen-bond acceptors (Lipinski definition) is 4. The summed E-state index contributed by atoms with van der Waals surface area (Å²) in [6.45, 7) is 5.18. The van der Waals surface area contributed by atoms with Crippen LogP contribution in [0.15, 0.2) is 41.4 Å². The van der Waals surface area contributed by atoms with Crippen LogP contribution in [-0.2, 0) is 11.2 Å². The van der Waals surface area contributed by atoms with Gasteiger partial charge in [0.1, 0.15) is 6.10 Å². The van der Waals surface area contributed by atoms with Gasteiger partial charge in [-0.15, -0.1) is 11.3 Å². The van der Waals surface area contributed by atoms with Crippen LogP contribution in [0.3, 0.4) is 0 Å². The third-order valence-corrected chi connectivity index (χ3v) is 5.00. The number of carbonyl (C=O) groups excluding carboxylic acids is 1. The van der Waals surface area contributed by atoms with Gasteiger partial charge in [0, 0.05) is 30.6 Å². The molecule has 0 spiro atoms. The molecular weight excluding hydrogens is 384 g/mol. The Hall–Kier alpha value is -2.09. The van der Waals surface area contributed by atoms with Gasteiger partial charge in [-0.05, 0) is 43.2 Å². The molecule has 4 N–H and O–H groups in total. The fourth-order valence-corrected chi connectivity index (χ4v) is 3.44. The summed E-state index contributed by atoms with van der Waals surface area (Å²) in [5.74, 6) is 0.581. The number of guanidine groups is 1. The van der Waals surface area contributed by atoms with E-state index in [-0.39, 0.29) is 12.5 Å². The highest BCUT2D eigenvalue weighted by Crippen LogP contribution is 2.26. The molecule has 27 heavy (non-hydrogen) atoms. The maximum atomic E-state index is 11.0. The Bertz CT molecular complexity index is 761. The van der Waals surface area contributed by atoms with E-state index >= 15 is 0 Å². The predicted molar refractivity (Wildman–Crippen MR) is 113 cm³/mol. The number of thiophene rings is 1. The van der Waals surface area contributed by atoms with E-state index in [1.54, 1.807) is 6.07 Å². The number of aliphatic hydroxyl groups is 1. The van der Waals surface area contributed by atoms with Crippen LogP contribution >= 0.6 is 22.9 Å². The van der Waals surface area contributed by atoms with Crippen molar-refractivity contribution in [1.29, 1.82) is 0 Å². The minimum Gasteiger partial charge on any atom is -0.386 e. The number of halogens is 1. The zero-order valence-electron chi connectivity index (χ0n) is 15.5. The molecule has 0 saturated heterocycles. The largest absolute Gasteiger partial charge is 0.386 e. The predicted octanol–water partition coefficient (Wildman–Crippen LogP) is 3.19. The second-order valence-electron chi connectivity index (χ2n) is 5.93. The van der Waals surface area contributed by atoms with E-state index in [4.69, 9.17) is 11.6 Å². The molecule has 1 aromatic heterocycles. The van der Waals surface area contributed by atoms with Crippen LogP contribution in [-0.4, -0.2) is 36.6 Å². The van der Waals surface area contributed by atoms with Gasteiger partial charge in [0.25, 0.3) is 0 Å². The van der Waals surface area contributed by atoms with Crippen LogP contribution in [0.25, 0.3) is 0 Å². The molecule has 0 aliphatic rings. The molecule has 0 fully saturated rings. The van der Waals surface area contributed by atoms with Gasteiger partial charge >= 0.3 is 0 Å². The average molecular weight is 409 g/mol. The molecule has 146 valence electrons. The quantitative estimate of drug-likeness (QED) is 0.399. The van der Waals surface area contributed by atoms with Gasteiger partial charge in [0.2, 0.25) is 5.91 Å². The molecule has 0 aliphatic carbocycles. The lowest BCUT2D eigenvalue weighted by Gasteiger charge is -2.13. The third kappa shape index (κ3) is 7.58. The minimum absolute atomic E-state index is 0.0806. The molecule has 0 bridgehead atoms. The van der Waals surface area contributed by atoms with Crippen molar-refractivity contribution < 1.29 is 9.90 Å². The number of amides is 1. The number of nitrogens with one attached hydrogen (secondary N) is 3. The molecule has 1 aromatic carbocycles. The van der Waals surface area contributed by atoms with Crippen LogP contribution < -0.4 is 16.0 Å². The lowest BCUT2D eigenvalue weighted by atomic mass is 10.1. The number of anilines is 1. The van der Waals surface area contributed by atoms with Gasteiger partial charge < -0.3 is 21.1 Å². The van der Waals surface area contributed by atoms with Crippen molar-refractivity contribution in [2.45, 2.75) is 26.4 Å². The van der Waals surface area contributed by atoms with Crippen molar-refractivity contribution >= 4 is 40.5 Å². The van der Waals surface area contributed by atoms with Crippen LogP contribution in [0.5, 0.6) is 0 Å². The fourth-order valence-electron chi connectivity index (χ4n) is 2.40. The van der Waals surface area contributed by atoms with Gasteiger partial charge in [0.15, 0.2) is 5.96 Å². The van der Waals surface area contributed by atoms with Crippen LogP contribution in [0.1, 0.15) is 30.4 Å². The SMILES string of the molecule is CCNC(=NCC(O)c1ccc(Cl)s1)NCCc1ccc(NC(C)=O)cc1. The molecule has 0 aliphatic heterocycles. The summed E-state index contributed by atoms with van der Waals surface area (Å²) in [5.41, 5.74) is 1.94. The summed E-state index contributed by atoms with van der Waals surface area (Å²) in [5, 5.41) is 19.4. The lowest BCUT2D eigenvalue weighted by Crippen LogP contribution is -2.38. The van der Waals surface area contributed by atoms with Crippen molar-refractivity contribution in [3.63, 3.8) is 0 Å². The van der Waals surface area contributed by atoms with E-state index < -0.39 is 6.10 Å². The standard InChI is InChI=1S/C19H25ClN4O2S/c1-3-21-19(23-12-16(26)17-8-9-18(20)27-17)22-11-10-14-4-6-15(7-5-14)24-13(2)25/h4-9,16,26H,3,10-12H2,1-2H3,(H,24,25)(H2,21,22,23). The highest BCUT2D eigenvalue weighted by atomic mass is 35.5. The van der Waals surface area contributed by atoms with E-state index in [1.165, 1.54) is 18.3 Å². The summed E-state index contributed by atoms with van der Waals surface area (Å²) in [6.07, 6.45) is 0.146.